The molecular weight excluding hydrogens is 572 g/mol. The molecule has 0 aliphatic carbocycles. The second-order valence-electron chi connectivity index (χ2n) is 11.9. The molecule has 5 nitrogen and oxygen atoms in total. The summed E-state index contributed by atoms with van der Waals surface area (Å²) < 4.78 is 10.5. The second-order valence-corrected chi connectivity index (χ2v) is 11.9. The number of carbonyl (C=O) groups is 2. The van der Waals surface area contributed by atoms with Crippen LogP contribution in [0, 0.1) is 0 Å². The third-order valence-electron chi connectivity index (χ3n) is 7.47. The minimum absolute atomic E-state index is 0.0968. The standard InChI is InChI=1S/C41H68O5/c1-3-5-7-9-11-13-15-17-19-20-22-23-25-27-29-31-33-35-40(43)45-38-39(37-42)46-41(44)36-34-32-30-28-26-24-21-18-16-14-12-10-8-6-4-2/h11-14,17-19,21-23,26,28,39,42H,3-10,15-16,20,24-25,27,29-38H2,1-2H3. The van der Waals surface area contributed by atoms with Crippen molar-refractivity contribution in [2.75, 3.05) is 13.2 Å². The molecule has 0 aliphatic rings. The molecule has 0 radical (unpaired) electrons. The summed E-state index contributed by atoms with van der Waals surface area (Å²) in [4.78, 5) is 24.2. The van der Waals surface area contributed by atoms with Crippen molar-refractivity contribution in [3.63, 3.8) is 0 Å². The summed E-state index contributed by atoms with van der Waals surface area (Å²) >= 11 is 0. The zero-order valence-corrected chi connectivity index (χ0v) is 29.6. The number of aliphatic hydroxyl groups excluding tert-OH is 1. The van der Waals surface area contributed by atoms with E-state index in [1.165, 1.54) is 51.4 Å². The number of rotatable bonds is 32. The summed E-state index contributed by atoms with van der Waals surface area (Å²) in [6.45, 7) is 4.01. The van der Waals surface area contributed by atoms with Crippen LogP contribution < -0.4 is 0 Å². The average Bonchev–Trinajstić information content (AvgIpc) is 3.06. The summed E-state index contributed by atoms with van der Waals surface area (Å²) in [6.07, 6.45) is 48.1. The Hall–Kier alpha value is -2.66. The minimum Gasteiger partial charge on any atom is -0.462 e. The van der Waals surface area contributed by atoms with Gasteiger partial charge < -0.3 is 14.6 Å². The van der Waals surface area contributed by atoms with Gasteiger partial charge in [-0.15, -0.1) is 0 Å². The first-order valence-corrected chi connectivity index (χ1v) is 18.5. The molecule has 0 rings (SSSR count). The van der Waals surface area contributed by atoms with Crippen molar-refractivity contribution in [3.8, 4) is 0 Å². The Balaban J connectivity index is 3.71. The number of hydrogen-bond acceptors (Lipinski definition) is 5. The molecule has 46 heavy (non-hydrogen) atoms. The van der Waals surface area contributed by atoms with Crippen molar-refractivity contribution in [3.05, 3.63) is 72.9 Å². The Labute approximate surface area is 283 Å². The third kappa shape index (κ3) is 34.2. The molecule has 1 atom stereocenters. The van der Waals surface area contributed by atoms with Crippen molar-refractivity contribution in [1.82, 2.24) is 0 Å². The minimum atomic E-state index is -0.803. The van der Waals surface area contributed by atoms with Crippen LogP contribution in [0.1, 0.15) is 155 Å². The largest absolute Gasteiger partial charge is 0.462 e. The van der Waals surface area contributed by atoms with Crippen LogP contribution in [0.2, 0.25) is 0 Å². The van der Waals surface area contributed by atoms with Gasteiger partial charge in [-0.1, -0.05) is 125 Å². The van der Waals surface area contributed by atoms with E-state index in [0.29, 0.717) is 12.8 Å². The lowest BCUT2D eigenvalue weighted by atomic mass is 10.1. The monoisotopic (exact) mass is 641 g/mol. The third-order valence-corrected chi connectivity index (χ3v) is 7.47. The van der Waals surface area contributed by atoms with E-state index >= 15 is 0 Å². The molecule has 0 aromatic rings. The summed E-state index contributed by atoms with van der Waals surface area (Å²) in [6, 6.07) is 0. The van der Waals surface area contributed by atoms with Crippen molar-refractivity contribution >= 4 is 11.9 Å². The van der Waals surface area contributed by atoms with E-state index in [4.69, 9.17) is 9.47 Å². The lowest BCUT2D eigenvalue weighted by Crippen LogP contribution is -2.28. The lowest BCUT2D eigenvalue weighted by molar-refractivity contribution is -0.161. The fraction of sp³-hybridized carbons (Fsp3) is 0.659. The zero-order chi connectivity index (χ0) is 33.6. The summed E-state index contributed by atoms with van der Waals surface area (Å²) in [5.74, 6) is -0.669. The highest BCUT2D eigenvalue weighted by Crippen LogP contribution is 2.09. The summed E-state index contributed by atoms with van der Waals surface area (Å²) in [5, 5.41) is 9.53. The molecule has 0 saturated heterocycles. The fourth-order valence-corrected chi connectivity index (χ4v) is 4.62. The van der Waals surface area contributed by atoms with Crippen molar-refractivity contribution < 1.29 is 24.2 Å². The maximum Gasteiger partial charge on any atom is 0.306 e. The fourth-order valence-electron chi connectivity index (χ4n) is 4.62. The van der Waals surface area contributed by atoms with Gasteiger partial charge in [0.15, 0.2) is 6.10 Å². The van der Waals surface area contributed by atoms with Gasteiger partial charge >= 0.3 is 11.9 Å². The molecule has 0 saturated carbocycles. The van der Waals surface area contributed by atoms with Crippen LogP contribution >= 0.6 is 0 Å². The van der Waals surface area contributed by atoms with E-state index in [9.17, 15) is 14.7 Å². The SMILES string of the molecule is CCCCCC=CCC=CCC=CCCCCCCC(=O)OCC(CO)OC(=O)CCCCC=CCC=CCC=CCCCCC. The topological polar surface area (TPSA) is 72.8 Å². The van der Waals surface area contributed by atoms with Gasteiger partial charge in [-0.3, -0.25) is 9.59 Å². The lowest BCUT2D eigenvalue weighted by Gasteiger charge is -2.15. The summed E-state index contributed by atoms with van der Waals surface area (Å²) in [7, 11) is 0. The Kier molecular flexibility index (Phi) is 34.7. The maximum atomic E-state index is 12.1. The van der Waals surface area contributed by atoms with Crippen LogP contribution in [0.5, 0.6) is 0 Å². The molecule has 0 aromatic carbocycles. The molecule has 0 amide bonds. The molecular formula is C41H68O5. The van der Waals surface area contributed by atoms with Crippen LogP contribution in [0.3, 0.4) is 0 Å². The van der Waals surface area contributed by atoms with Gasteiger partial charge in [-0.05, 0) is 89.9 Å². The normalized spacial score (nSPS) is 13.0. The number of carbonyl (C=O) groups excluding carboxylic acids is 2. The van der Waals surface area contributed by atoms with Crippen LogP contribution in [-0.4, -0.2) is 36.4 Å². The van der Waals surface area contributed by atoms with E-state index in [2.05, 4.69) is 86.8 Å². The predicted octanol–water partition coefficient (Wildman–Crippen LogP) is 11.4. The number of allylic oxidation sites excluding steroid dienone is 12. The van der Waals surface area contributed by atoms with E-state index in [-0.39, 0.29) is 25.2 Å². The summed E-state index contributed by atoms with van der Waals surface area (Å²) in [5.41, 5.74) is 0. The Morgan fingerprint density at radius 1 is 0.500 bits per heavy atom. The van der Waals surface area contributed by atoms with Crippen LogP contribution in [-0.2, 0) is 19.1 Å². The van der Waals surface area contributed by atoms with Gasteiger partial charge in [-0.2, -0.15) is 0 Å². The van der Waals surface area contributed by atoms with Crippen LogP contribution in [0.4, 0.5) is 0 Å². The molecule has 0 spiro atoms. The van der Waals surface area contributed by atoms with Gasteiger partial charge in [0.1, 0.15) is 6.61 Å². The highest BCUT2D eigenvalue weighted by atomic mass is 16.6. The van der Waals surface area contributed by atoms with E-state index in [0.717, 1.165) is 77.0 Å². The van der Waals surface area contributed by atoms with E-state index < -0.39 is 6.10 Å². The zero-order valence-electron chi connectivity index (χ0n) is 29.6. The number of unbranched alkanes of at least 4 members (excludes halogenated alkanes) is 12. The van der Waals surface area contributed by atoms with Crippen LogP contribution in [0.15, 0.2) is 72.9 Å². The molecule has 5 heteroatoms. The number of ether oxygens (including phenoxy) is 2. The van der Waals surface area contributed by atoms with Gasteiger partial charge in [0.25, 0.3) is 0 Å². The van der Waals surface area contributed by atoms with Gasteiger partial charge in [0, 0.05) is 12.8 Å². The quantitative estimate of drug-likeness (QED) is 0.0450. The molecule has 0 aromatic heterocycles. The Bertz CT molecular complexity index is 864. The van der Waals surface area contributed by atoms with Crippen LogP contribution in [0.25, 0.3) is 0 Å². The van der Waals surface area contributed by atoms with Crippen molar-refractivity contribution in [2.45, 2.75) is 161 Å². The van der Waals surface area contributed by atoms with E-state index in [1.54, 1.807) is 0 Å². The first kappa shape index (κ1) is 43.3. The van der Waals surface area contributed by atoms with Gasteiger partial charge in [0.2, 0.25) is 0 Å². The molecule has 1 N–H and O–H groups in total. The first-order chi connectivity index (χ1) is 22.6. The maximum absolute atomic E-state index is 12.1. The predicted molar refractivity (Wildman–Crippen MR) is 196 cm³/mol. The van der Waals surface area contributed by atoms with Gasteiger partial charge in [-0.25, -0.2) is 0 Å². The molecule has 262 valence electrons. The molecule has 0 bridgehead atoms. The number of hydrogen-bond donors (Lipinski definition) is 1. The Morgan fingerprint density at radius 3 is 1.33 bits per heavy atom. The highest BCUT2D eigenvalue weighted by Gasteiger charge is 2.16. The first-order valence-electron chi connectivity index (χ1n) is 18.5. The van der Waals surface area contributed by atoms with Crippen molar-refractivity contribution in [1.29, 1.82) is 0 Å². The second kappa shape index (κ2) is 36.8. The molecule has 0 fully saturated rings. The Morgan fingerprint density at radius 2 is 0.870 bits per heavy atom. The van der Waals surface area contributed by atoms with E-state index in [1.807, 2.05) is 0 Å². The molecule has 0 heterocycles. The number of esters is 2. The number of aliphatic hydroxyl groups is 1. The molecule has 1 unspecified atom stereocenters. The van der Waals surface area contributed by atoms with Crippen molar-refractivity contribution in [2.24, 2.45) is 0 Å². The average molecular weight is 641 g/mol. The molecule has 0 aliphatic heterocycles. The highest BCUT2D eigenvalue weighted by molar-refractivity contribution is 5.70. The smallest absolute Gasteiger partial charge is 0.306 e. The van der Waals surface area contributed by atoms with Gasteiger partial charge in [0.05, 0.1) is 6.61 Å².